The molecule has 0 aromatic carbocycles. The van der Waals surface area contributed by atoms with Crippen molar-refractivity contribution in [2.24, 2.45) is 5.73 Å². The Labute approximate surface area is 126 Å². The molecule has 2 aromatic heterocycles. The average Bonchev–Trinajstić information content (AvgIpc) is 3.06. The number of rotatable bonds is 6. The number of thiophene rings is 1. The molecule has 6 nitrogen and oxygen atoms in total. The van der Waals surface area contributed by atoms with Crippen LogP contribution >= 0.6 is 23.6 Å². The van der Waals surface area contributed by atoms with Gasteiger partial charge in [-0.1, -0.05) is 19.1 Å². The van der Waals surface area contributed by atoms with E-state index in [-0.39, 0.29) is 9.20 Å². The second kappa shape index (κ2) is 6.00. The lowest BCUT2D eigenvalue weighted by Crippen LogP contribution is -2.28. The summed E-state index contributed by atoms with van der Waals surface area (Å²) in [5, 5.41) is 0. The fourth-order valence-electron chi connectivity index (χ4n) is 1.64. The summed E-state index contributed by atoms with van der Waals surface area (Å²) >= 11 is 5.88. The number of hydrogen-bond acceptors (Lipinski definition) is 5. The van der Waals surface area contributed by atoms with Crippen LogP contribution in [0.3, 0.4) is 0 Å². The maximum Gasteiger partial charge on any atom is 0.250 e. The molecular formula is C11H14N4O2S3. The van der Waals surface area contributed by atoms with E-state index in [0.717, 1.165) is 11.3 Å². The minimum absolute atomic E-state index is 0.185. The predicted octanol–water partition coefficient (Wildman–Crippen LogP) is 1.53. The van der Waals surface area contributed by atoms with Crippen molar-refractivity contribution in [1.29, 1.82) is 0 Å². The van der Waals surface area contributed by atoms with Gasteiger partial charge >= 0.3 is 0 Å². The molecule has 108 valence electrons. The monoisotopic (exact) mass is 330 g/mol. The molecule has 0 aliphatic heterocycles. The fourth-order valence-corrected chi connectivity index (χ4v) is 4.29. The first-order valence-electron chi connectivity index (χ1n) is 5.85. The highest BCUT2D eigenvalue weighted by Crippen LogP contribution is 2.24. The Hall–Kier alpha value is -1.29. The summed E-state index contributed by atoms with van der Waals surface area (Å²) in [5.41, 5.74) is 5.49. The number of thiocarbonyl (C=S) groups is 1. The molecule has 0 bridgehead atoms. The highest BCUT2D eigenvalue weighted by atomic mass is 32.2. The molecule has 2 aromatic rings. The molecule has 0 saturated carbocycles. The van der Waals surface area contributed by atoms with Gasteiger partial charge in [0, 0.05) is 12.4 Å². The second-order valence-electron chi connectivity index (χ2n) is 4.04. The van der Waals surface area contributed by atoms with Crippen molar-refractivity contribution in [3.8, 4) is 0 Å². The van der Waals surface area contributed by atoms with E-state index in [1.165, 1.54) is 6.07 Å². The van der Waals surface area contributed by atoms with Crippen LogP contribution in [0.15, 0.2) is 28.7 Å². The zero-order valence-electron chi connectivity index (χ0n) is 10.7. The number of H-pyrrole nitrogens is 1. The van der Waals surface area contributed by atoms with E-state index in [1.54, 1.807) is 18.5 Å². The zero-order valence-corrected chi connectivity index (χ0v) is 13.1. The summed E-state index contributed by atoms with van der Waals surface area (Å²) in [6, 6.07) is 2.71. The molecule has 9 heteroatoms. The molecule has 0 aliphatic rings. The molecule has 4 N–H and O–H groups in total. The Balaban J connectivity index is 2.23. The number of aromatic nitrogens is 2. The van der Waals surface area contributed by atoms with Gasteiger partial charge in [0.2, 0.25) is 0 Å². The normalized spacial score (nSPS) is 13.2. The molecule has 2 rings (SSSR count). The van der Waals surface area contributed by atoms with E-state index in [4.69, 9.17) is 18.0 Å². The summed E-state index contributed by atoms with van der Waals surface area (Å²) in [6.07, 6.45) is 3.82. The van der Waals surface area contributed by atoms with Crippen LogP contribution in [0.1, 0.15) is 30.1 Å². The largest absolute Gasteiger partial charge is 0.389 e. The van der Waals surface area contributed by atoms with Gasteiger partial charge in [-0.25, -0.2) is 13.4 Å². The summed E-state index contributed by atoms with van der Waals surface area (Å²) in [6.45, 7) is 1.88. The Kier molecular flexibility index (Phi) is 4.53. The minimum Gasteiger partial charge on any atom is -0.389 e. The van der Waals surface area contributed by atoms with Gasteiger partial charge in [-0.2, -0.15) is 4.72 Å². The van der Waals surface area contributed by atoms with Crippen LogP contribution in [-0.4, -0.2) is 23.4 Å². The lowest BCUT2D eigenvalue weighted by molar-refractivity contribution is 0.541. The van der Waals surface area contributed by atoms with Gasteiger partial charge in [0.05, 0.1) is 10.9 Å². The molecule has 1 unspecified atom stereocenters. The first-order valence-corrected chi connectivity index (χ1v) is 8.56. The molecular weight excluding hydrogens is 316 g/mol. The topological polar surface area (TPSA) is 101 Å². The van der Waals surface area contributed by atoms with Crippen LogP contribution < -0.4 is 10.5 Å². The van der Waals surface area contributed by atoms with Crippen LogP contribution in [0.5, 0.6) is 0 Å². The van der Waals surface area contributed by atoms with Gasteiger partial charge in [0.25, 0.3) is 10.0 Å². The van der Waals surface area contributed by atoms with Crippen molar-refractivity contribution in [2.45, 2.75) is 23.6 Å². The summed E-state index contributed by atoms with van der Waals surface area (Å²) in [5.74, 6) is 0.585. The Bertz CT molecular complexity index is 691. The lowest BCUT2D eigenvalue weighted by atomic mass is 10.2. The molecule has 1 atom stereocenters. The number of nitrogens with zero attached hydrogens (tertiary/aromatic N) is 1. The SMILES string of the molecule is CCC(NS(=O)(=O)c1ccc(C(N)=S)s1)c1ncc[nH]1. The highest BCUT2D eigenvalue weighted by molar-refractivity contribution is 7.91. The maximum absolute atomic E-state index is 12.3. The van der Waals surface area contributed by atoms with Gasteiger partial charge in [-0.05, 0) is 18.6 Å². The third-order valence-electron chi connectivity index (χ3n) is 2.64. The first-order chi connectivity index (χ1) is 9.44. The third-order valence-corrected chi connectivity index (χ3v) is 6.08. The van der Waals surface area contributed by atoms with E-state index in [1.807, 2.05) is 6.92 Å². The third kappa shape index (κ3) is 3.23. The number of aromatic amines is 1. The van der Waals surface area contributed by atoms with E-state index in [0.29, 0.717) is 17.1 Å². The number of imidazole rings is 1. The zero-order chi connectivity index (χ0) is 14.8. The Morgan fingerprint density at radius 2 is 2.35 bits per heavy atom. The van der Waals surface area contributed by atoms with E-state index in [2.05, 4.69) is 14.7 Å². The van der Waals surface area contributed by atoms with E-state index < -0.39 is 16.1 Å². The molecule has 0 aliphatic carbocycles. The summed E-state index contributed by atoms with van der Waals surface area (Å²) in [7, 11) is -3.62. The van der Waals surface area contributed by atoms with Crippen molar-refractivity contribution in [3.05, 3.63) is 35.2 Å². The average molecular weight is 330 g/mol. The van der Waals surface area contributed by atoms with Crippen molar-refractivity contribution in [3.63, 3.8) is 0 Å². The van der Waals surface area contributed by atoms with Crippen molar-refractivity contribution in [1.82, 2.24) is 14.7 Å². The molecule has 0 saturated heterocycles. The van der Waals surface area contributed by atoms with Gasteiger partial charge < -0.3 is 10.7 Å². The quantitative estimate of drug-likeness (QED) is 0.697. The molecule has 0 amide bonds. The Morgan fingerprint density at radius 3 is 2.85 bits per heavy atom. The molecule has 2 heterocycles. The van der Waals surface area contributed by atoms with Gasteiger partial charge in [0.1, 0.15) is 15.0 Å². The number of nitrogens with two attached hydrogens (primary N) is 1. The van der Waals surface area contributed by atoms with Crippen LogP contribution in [0.2, 0.25) is 0 Å². The number of hydrogen-bond donors (Lipinski definition) is 3. The molecule has 0 radical (unpaired) electrons. The van der Waals surface area contributed by atoms with Gasteiger partial charge in [-0.3, -0.25) is 0 Å². The van der Waals surface area contributed by atoms with Crippen LogP contribution in [-0.2, 0) is 10.0 Å². The molecule has 0 fully saturated rings. The fraction of sp³-hybridized carbons (Fsp3) is 0.273. The van der Waals surface area contributed by atoms with Crippen molar-refractivity contribution < 1.29 is 8.42 Å². The van der Waals surface area contributed by atoms with Gasteiger partial charge in [0.15, 0.2) is 0 Å². The van der Waals surface area contributed by atoms with Crippen molar-refractivity contribution >= 4 is 38.6 Å². The van der Waals surface area contributed by atoms with Crippen LogP contribution in [0.25, 0.3) is 0 Å². The van der Waals surface area contributed by atoms with Gasteiger partial charge in [-0.15, -0.1) is 11.3 Å². The van der Waals surface area contributed by atoms with Crippen LogP contribution in [0.4, 0.5) is 0 Å². The smallest absolute Gasteiger partial charge is 0.250 e. The van der Waals surface area contributed by atoms with E-state index >= 15 is 0 Å². The Morgan fingerprint density at radius 1 is 1.60 bits per heavy atom. The first kappa shape index (κ1) is 15.1. The minimum atomic E-state index is -3.62. The number of nitrogens with one attached hydrogen (secondary N) is 2. The maximum atomic E-state index is 12.3. The van der Waals surface area contributed by atoms with Crippen molar-refractivity contribution in [2.75, 3.05) is 0 Å². The molecule has 20 heavy (non-hydrogen) atoms. The standard InChI is InChI=1S/C11H14N4O2S3/c1-2-7(11-13-5-6-14-11)15-20(16,17)9-4-3-8(19-9)10(12)18/h3-7,15H,2H2,1H3,(H2,12,18)(H,13,14). The van der Waals surface area contributed by atoms with E-state index in [9.17, 15) is 8.42 Å². The number of sulfonamides is 1. The summed E-state index contributed by atoms with van der Waals surface area (Å²) < 4.78 is 27.4. The lowest BCUT2D eigenvalue weighted by Gasteiger charge is -2.13. The van der Waals surface area contributed by atoms with Crippen LogP contribution in [0, 0.1) is 0 Å². The molecule has 0 spiro atoms. The second-order valence-corrected chi connectivity index (χ2v) is 7.50. The highest BCUT2D eigenvalue weighted by Gasteiger charge is 2.23. The predicted molar refractivity (Wildman–Crippen MR) is 82.1 cm³/mol. The summed E-state index contributed by atoms with van der Waals surface area (Å²) in [4.78, 5) is 7.75.